The molecule has 26 heavy (non-hydrogen) atoms. The Bertz CT molecular complexity index is 577. The van der Waals surface area contributed by atoms with Crippen LogP contribution < -0.4 is 10.1 Å². The lowest BCUT2D eigenvalue weighted by atomic mass is 10.2. The van der Waals surface area contributed by atoms with Crippen molar-refractivity contribution >= 4 is 5.96 Å². The van der Waals surface area contributed by atoms with Gasteiger partial charge in [-0.1, -0.05) is 18.2 Å². The van der Waals surface area contributed by atoms with E-state index in [4.69, 9.17) is 9.73 Å². The molecular weight excluding hydrogens is 326 g/mol. The van der Waals surface area contributed by atoms with Gasteiger partial charge in [-0.15, -0.1) is 0 Å². The van der Waals surface area contributed by atoms with Crippen LogP contribution in [0.5, 0.6) is 5.75 Å². The van der Waals surface area contributed by atoms with Crippen LogP contribution in [0.2, 0.25) is 0 Å². The number of nitrogens with zero attached hydrogens (tertiary/aromatic N) is 4. The normalized spacial score (nSPS) is 19.4. The van der Waals surface area contributed by atoms with Crippen molar-refractivity contribution in [3.8, 4) is 5.75 Å². The monoisotopic (exact) mass is 361 g/mol. The largest absolute Gasteiger partial charge is 0.491 e. The van der Waals surface area contributed by atoms with E-state index in [1.165, 1.54) is 5.56 Å². The average molecular weight is 362 g/mol. The topological polar surface area (TPSA) is 43.3 Å². The number of piperazine rings is 1. The Labute approximate surface area is 158 Å². The molecule has 6 heteroatoms. The summed E-state index contributed by atoms with van der Waals surface area (Å²) in [4.78, 5) is 11.8. The second-order valence-corrected chi connectivity index (χ2v) is 7.13. The molecule has 0 aliphatic carbocycles. The van der Waals surface area contributed by atoms with Crippen LogP contribution in [0.15, 0.2) is 29.3 Å². The minimum Gasteiger partial charge on any atom is -0.491 e. The van der Waals surface area contributed by atoms with Gasteiger partial charge in [0.15, 0.2) is 5.96 Å². The molecule has 2 rings (SSSR count). The molecule has 0 radical (unpaired) electrons. The predicted octanol–water partition coefficient (Wildman–Crippen LogP) is 1.52. The van der Waals surface area contributed by atoms with Gasteiger partial charge in [0.2, 0.25) is 0 Å². The van der Waals surface area contributed by atoms with Crippen molar-refractivity contribution < 1.29 is 4.74 Å². The van der Waals surface area contributed by atoms with E-state index in [2.05, 4.69) is 61.1 Å². The molecule has 0 spiro atoms. The number of benzene rings is 1. The molecule has 1 heterocycles. The lowest BCUT2D eigenvalue weighted by Gasteiger charge is -2.37. The smallest absolute Gasteiger partial charge is 0.193 e. The van der Waals surface area contributed by atoms with Gasteiger partial charge >= 0.3 is 0 Å². The molecule has 1 atom stereocenters. The van der Waals surface area contributed by atoms with Gasteiger partial charge in [0.1, 0.15) is 12.4 Å². The second kappa shape index (κ2) is 10.4. The molecular formula is C20H35N5O. The van der Waals surface area contributed by atoms with Crippen LogP contribution in [0.3, 0.4) is 0 Å². The molecule has 1 aromatic carbocycles. The molecule has 1 saturated heterocycles. The summed E-state index contributed by atoms with van der Waals surface area (Å²) in [6.07, 6.45) is 0. The maximum atomic E-state index is 5.92. The number of likely N-dealkylation sites (N-methyl/N-ethyl adjacent to an activating group) is 3. The van der Waals surface area contributed by atoms with Crippen LogP contribution in [0.25, 0.3) is 0 Å². The number of rotatable bonds is 7. The maximum Gasteiger partial charge on any atom is 0.193 e. The Morgan fingerprint density at radius 2 is 2.08 bits per heavy atom. The van der Waals surface area contributed by atoms with Crippen molar-refractivity contribution in [1.82, 2.24) is 20.0 Å². The average Bonchev–Trinajstić information content (AvgIpc) is 2.62. The van der Waals surface area contributed by atoms with Crippen molar-refractivity contribution in [2.75, 3.05) is 67.0 Å². The summed E-state index contributed by atoms with van der Waals surface area (Å²) < 4.78 is 5.92. The number of para-hydroxylation sites is 1. The predicted molar refractivity (Wildman–Crippen MR) is 109 cm³/mol. The van der Waals surface area contributed by atoms with Crippen LogP contribution in [0.1, 0.15) is 12.5 Å². The van der Waals surface area contributed by atoms with Gasteiger partial charge in [-0.2, -0.15) is 0 Å². The number of nitrogens with one attached hydrogen (secondary N) is 1. The third-order valence-electron chi connectivity index (χ3n) is 4.91. The minimum atomic E-state index is 0.471. The van der Waals surface area contributed by atoms with Gasteiger partial charge < -0.3 is 19.9 Å². The van der Waals surface area contributed by atoms with Gasteiger partial charge in [0.05, 0.1) is 13.1 Å². The van der Waals surface area contributed by atoms with E-state index in [9.17, 15) is 0 Å². The quantitative estimate of drug-likeness (QED) is 0.589. The lowest BCUT2D eigenvalue weighted by molar-refractivity contribution is 0.119. The zero-order valence-electron chi connectivity index (χ0n) is 17.0. The van der Waals surface area contributed by atoms with E-state index in [0.717, 1.165) is 51.0 Å². The van der Waals surface area contributed by atoms with Crippen LogP contribution in [-0.4, -0.2) is 93.7 Å². The third-order valence-corrected chi connectivity index (χ3v) is 4.91. The third kappa shape index (κ3) is 6.18. The summed E-state index contributed by atoms with van der Waals surface area (Å²) in [7, 11) is 6.45. The fourth-order valence-corrected chi connectivity index (χ4v) is 3.08. The maximum absolute atomic E-state index is 5.92. The number of ether oxygens (including phenoxy) is 1. The van der Waals surface area contributed by atoms with E-state index in [1.54, 1.807) is 0 Å². The summed E-state index contributed by atoms with van der Waals surface area (Å²) in [6.45, 7) is 10.6. The minimum absolute atomic E-state index is 0.471. The van der Waals surface area contributed by atoms with Crippen LogP contribution in [0.4, 0.5) is 0 Å². The molecule has 0 amide bonds. The molecule has 1 aromatic rings. The van der Waals surface area contributed by atoms with Crippen LogP contribution >= 0.6 is 0 Å². The standard InChI is InChI=1S/C20H35N5O/c1-6-21-20(22-15-18-16-23(3)11-12-24(18)4)25(5)13-14-26-19-10-8-7-9-17(19)2/h7-10,18H,6,11-16H2,1-5H3,(H,21,22). The first-order chi connectivity index (χ1) is 12.5. The molecule has 0 aromatic heterocycles. The van der Waals surface area contributed by atoms with Crippen molar-refractivity contribution in [2.45, 2.75) is 19.9 Å². The van der Waals surface area contributed by atoms with Crippen molar-refractivity contribution in [3.05, 3.63) is 29.8 Å². The van der Waals surface area contributed by atoms with Gasteiger partial charge in [0.25, 0.3) is 0 Å². The first kappa shape index (κ1) is 20.5. The Kier molecular flexibility index (Phi) is 8.19. The summed E-state index contributed by atoms with van der Waals surface area (Å²) in [6, 6.07) is 8.60. The fraction of sp³-hybridized carbons (Fsp3) is 0.650. The van der Waals surface area contributed by atoms with Crippen molar-refractivity contribution in [2.24, 2.45) is 4.99 Å². The highest BCUT2D eigenvalue weighted by molar-refractivity contribution is 5.79. The highest BCUT2D eigenvalue weighted by Crippen LogP contribution is 2.15. The van der Waals surface area contributed by atoms with Crippen molar-refractivity contribution in [3.63, 3.8) is 0 Å². The number of guanidine groups is 1. The summed E-state index contributed by atoms with van der Waals surface area (Å²) in [5.74, 6) is 1.90. The zero-order chi connectivity index (χ0) is 18.9. The fourth-order valence-electron chi connectivity index (χ4n) is 3.08. The Morgan fingerprint density at radius 3 is 2.81 bits per heavy atom. The van der Waals surface area contributed by atoms with Gasteiger partial charge in [-0.05, 0) is 39.6 Å². The van der Waals surface area contributed by atoms with Gasteiger partial charge in [0, 0.05) is 39.3 Å². The van der Waals surface area contributed by atoms with Gasteiger partial charge in [-0.25, -0.2) is 0 Å². The first-order valence-electron chi connectivity index (χ1n) is 9.58. The molecule has 1 aliphatic rings. The lowest BCUT2D eigenvalue weighted by Crippen LogP contribution is -2.51. The Balaban J connectivity index is 1.87. The molecule has 1 fully saturated rings. The number of aliphatic imine (C=N–C) groups is 1. The summed E-state index contributed by atoms with van der Waals surface area (Å²) >= 11 is 0. The molecule has 1 aliphatic heterocycles. The molecule has 146 valence electrons. The van der Waals surface area contributed by atoms with E-state index >= 15 is 0 Å². The van der Waals surface area contributed by atoms with Gasteiger partial charge in [-0.3, -0.25) is 9.89 Å². The van der Waals surface area contributed by atoms with Crippen LogP contribution in [0, 0.1) is 6.92 Å². The second-order valence-electron chi connectivity index (χ2n) is 7.13. The number of aryl methyl sites for hydroxylation is 1. The molecule has 1 unspecified atom stereocenters. The van der Waals surface area contributed by atoms with E-state index in [0.29, 0.717) is 12.6 Å². The SMILES string of the molecule is CCNC(=NCC1CN(C)CCN1C)N(C)CCOc1ccccc1C. The molecule has 0 bridgehead atoms. The zero-order valence-corrected chi connectivity index (χ0v) is 17.0. The molecule has 6 nitrogen and oxygen atoms in total. The molecule has 0 saturated carbocycles. The molecule has 1 N–H and O–H groups in total. The summed E-state index contributed by atoms with van der Waals surface area (Å²) in [5, 5.41) is 3.40. The van der Waals surface area contributed by atoms with E-state index in [-0.39, 0.29) is 0 Å². The number of hydrogen-bond acceptors (Lipinski definition) is 4. The Hall–Kier alpha value is -1.79. The highest BCUT2D eigenvalue weighted by Gasteiger charge is 2.22. The summed E-state index contributed by atoms with van der Waals surface area (Å²) in [5.41, 5.74) is 1.17. The van der Waals surface area contributed by atoms with Crippen molar-refractivity contribution in [1.29, 1.82) is 0 Å². The first-order valence-corrected chi connectivity index (χ1v) is 9.58. The number of hydrogen-bond donors (Lipinski definition) is 1. The highest BCUT2D eigenvalue weighted by atomic mass is 16.5. The van der Waals surface area contributed by atoms with E-state index in [1.807, 2.05) is 18.2 Å². The Morgan fingerprint density at radius 1 is 1.31 bits per heavy atom. The van der Waals surface area contributed by atoms with E-state index < -0.39 is 0 Å². The van der Waals surface area contributed by atoms with Crippen LogP contribution in [-0.2, 0) is 0 Å².